The summed E-state index contributed by atoms with van der Waals surface area (Å²) < 4.78 is 5.61. The number of aryl methyl sites for hydroxylation is 3. The Morgan fingerprint density at radius 2 is 1.86 bits per heavy atom. The van der Waals surface area contributed by atoms with Gasteiger partial charge in [0.2, 0.25) is 0 Å². The minimum atomic E-state index is -0.279. The second-order valence-electron chi connectivity index (χ2n) is 5.68. The topological polar surface area (TPSA) is 67.4 Å². The van der Waals surface area contributed by atoms with Gasteiger partial charge in [0.25, 0.3) is 5.91 Å². The molecule has 22 heavy (non-hydrogen) atoms. The van der Waals surface area contributed by atoms with E-state index in [2.05, 4.69) is 10.9 Å². The first-order valence-electron chi connectivity index (χ1n) is 7.44. The zero-order valence-corrected chi connectivity index (χ0v) is 13.3. The summed E-state index contributed by atoms with van der Waals surface area (Å²) in [6, 6.07) is 4.05. The van der Waals surface area contributed by atoms with E-state index in [-0.39, 0.29) is 18.3 Å². The summed E-state index contributed by atoms with van der Waals surface area (Å²) in [6.45, 7) is 5.88. The SMILES string of the molecule is Cc1cc(C)c(OCC(=O)NNC2=CC(=O)CCC2)c(C)c1. The van der Waals surface area contributed by atoms with Gasteiger partial charge in [-0.2, -0.15) is 0 Å². The van der Waals surface area contributed by atoms with Crippen molar-refractivity contribution in [3.05, 3.63) is 40.6 Å². The second kappa shape index (κ2) is 7.11. The third-order valence-electron chi connectivity index (χ3n) is 3.52. The van der Waals surface area contributed by atoms with Crippen molar-refractivity contribution in [2.45, 2.75) is 40.0 Å². The number of hydrogen-bond acceptors (Lipinski definition) is 4. The molecule has 118 valence electrons. The molecule has 2 N–H and O–H groups in total. The Hall–Kier alpha value is -2.30. The number of nitrogens with one attached hydrogen (secondary N) is 2. The molecule has 0 aliphatic heterocycles. The molecule has 1 aliphatic rings. The van der Waals surface area contributed by atoms with Gasteiger partial charge in [0, 0.05) is 18.2 Å². The maximum absolute atomic E-state index is 11.8. The van der Waals surface area contributed by atoms with Crippen LogP contribution < -0.4 is 15.6 Å². The van der Waals surface area contributed by atoms with E-state index < -0.39 is 0 Å². The largest absolute Gasteiger partial charge is 0.483 e. The number of carbonyl (C=O) groups is 2. The molecule has 0 spiro atoms. The normalized spacial score (nSPS) is 14.3. The molecule has 0 heterocycles. The lowest BCUT2D eigenvalue weighted by Gasteiger charge is -2.16. The number of benzene rings is 1. The molecule has 1 aromatic rings. The number of ether oxygens (including phenoxy) is 1. The van der Waals surface area contributed by atoms with E-state index in [0.29, 0.717) is 6.42 Å². The van der Waals surface area contributed by atoms with Crippen molar-refractivity contribution < 1.29 is 14.3 Å². The number of ketones is 1. The summed E-state index contributed by atoms with van der Waals surface area (Å²) in [5.74, 6) is 0.552. The highest BCUT2D eigenvalue weighted by Crippen LogP contribution is 2.24. The molecule has 0 radical (unpaired) electrons. The summed E-state index contributed by atoms with van der Waals surface area (Å²) in [7, 11) is 0. The fraction of sp³-hybridized carbons (Fsp3) is 0.412. The van der Waals surface area contributed by atoms with Gasteiger partial charge in [-0.1, -0.05) is 17.7 Å². The van der Waals surface area contributed by atoms with Crippen LogP contribution in [0.25, 0.3) is 0 Å². The van der Waals surface area contributed by atoms with Crippen molar-refractivity contribution in [1.29, 1.82) is 0 Å². The number of allylic oxidation sites excluding steroid dienone is 2. The van der Waals surface area contributed by atoms with E-state index in [0.717, 1.165) is 35.4 Å². The van der Waals surface area contributed by atoms with Crippen LogP contribution in [0, 0.1) is 20.8 Å². The third-order valence-corrected chi connectivity index (χ3v) is 3.52. The second-order valence-corrected chi connectivity index (χ2v) is 5.68. The van der Waals surface area contributed by atoms with Crippen molar-refractivity contribution in [2.24, 2.45) is 0 Å². The minimum Gasteiger partial charge on any atom is -0.483 e. The minimum absolute atomic E-state index is 0.0705. The first-order chi connectivity index (χ1) is 10.5. The molecule has 0 aromatic heterocycles. The van der Waals surface area contributed by atoms with Crippen LogP contribution >= 0.6 is 0 Å². The Labute approximate surface area is 130 Å². The molecule has 1 amide bonds. The summed E-state index contributed by atoms with van der Waals surface area (Å²) in [4.78, 5) is 23.1. The van der Waals surface area contributed by atoms with Gasteiger partial charge in [-0.25, -0.2) is 0 Å². The average molecular weight is 302 g/mol. The molecular weight excluding hydrogens is 280 g/mol. The number of hydrazine groups is 1. The van der Waals surface area contributed by atoms with Gasteiger partial charge in [0.05, 0.1) is 0 Å². The van der Waals surface area contributed by atoms with E-state index in [1.54, 1.807) is 6.08 Å². The lowest BCUT2D eigenvalue weighted by Crippen LogP contribution is -2.40. The van der Waals surface area contributed by atoms with Gasteiger partial charge in [-0.3, -0.25) is 15.0 Å². The van der Waals surface area contributed by atoms with Crippen LogP contribution in [0.15, 0.2) is 23.9 Å². The van der Waals surface area contributed by atoms with E-state index >= 15 is 0 Å². The fourth-order valence-corrected chi connectivity index (χ4v) is 2.61. The molecule has 2 rings (SSSR count). The van der Waals surface area contributed by atoms with Crippen LogP contribution in [-0.2, 0) is 9.59 Å². The summed E-state index contributed by atoms with van der Waals surface area (Å²) in [5, 5.41) is 0. The van der Waals surface area contributed by atoms with Gasteiger partial charge in [-0.15, -0.1) is 0 Å². The van der Waals surface area contributed by atoms with E-state index in [9.17, 15) is 9.59 Å². The van der Waals surface area contributed by atoms with E-state index in [1.165, 1.54) is 5.56 Å². The average Bonchev–Trinajstić information content (AvgIpc) is 2.44. The lowest BCUT2D eigenvalue weighted by atomic mass is 10.0. The van der Waals surface area contributed by atoms with Crippen LogP contribution in [0.5, 0.6) is 5.75 Å². The van der Waals surface area contributed by atoms with Crippen LogP contribution in [0.1, 0.15) is 36.0 Å². The molecule has 5 nitrogen and oxygen atoms in total. The highest BCUT2D eigenvalue weighted by molar-refractivity contribution is 5.91. The molecule has 1 aromatic carbocycles. The van der Waals surface area contributed by atoms with Gasteiger partial charge in [0.15, 0.2) is 12.4 Å². The molecule has 5 heteroatoms. The highest BCUT2D eigenvalue weighted by atomic mass is 16.5. The Balaban J connectivity index is 1.84. The predicted octanol–water partition coefficient (Wildman–Crippen LogP) is 2.25. The Kier molecular flexibility index (Phi) is 5.20. The van der Waals surface area contributed by atoms with Crippen molar-refractivity contribution >= 4 is 11.7 Å². The molecule has 0 saturated heterocycles. The molecular formula is C17H22N2O3. The van der Waals surface area contributed by atoms with Crippen molar-refractivity contribution in [1.82, 2.24) is 10.9 Å². The maximum atomic E-state index is 11.8. The van der Waals surface area contributed by atoms with Crippen LogP contribution in [-0.4, -0.2) is 18.3 Å². The van der Waals surface area contributed by atoms with Crippen LogP contribution in [0.3, 0.4) is 0 Å². The first-order valence-corrected chi connectivity index (χ1v) is 7.44. The highest BCUT2D eigenvalue weighted by Gasteiger charge is 2.11. The standard InChI is InChI=1S/C17H22N2O3/c1-11-7-12(2)17(13(3)8-11)22-10-16(21)19-18-14-5-4-6-15(20)9-14/h7-9,18H,4-6,10H2,1-3H3,(H,19,21). The summed E-state index contributed by atoms with van der Waals surface area (Å²) in [5.41, 5.74) is 9.28. The molecule has 0 atom stereocenters. The maximum Gasteiger partial charge on any atom is 0.276 e. The van der Waals surface area contributed by atoms with Crippen molar-refractivity contribution in [2.75, 3.05) is 6.61 Å². The van der Waals surface area contributed by atoms with Crippen molar-refractivity contribution in [3.63, 3.8) is 0 Å². The van der Waals surface area contributed by atoms with Gasteiger partial charge >= 0.3 is 0 Å². The van der Waals surface area contributed by atoms with Crippen LogP contribution in [0.2, 0.25) is 0 Å². The molecule has 0 saturated carbocycles. The Morgan fingerprint density at radius 1 is 1.18 bits per heavy atom. The van der Waals surface area contributed by atoms with Gasteiger partial charge < -0.3 is 10.2 Å². The van der Waals surface area contributed by atoms with Crippen LogP contribution in [0.4, 0.5) is 0 Å². The summed E-state index contributed by atoms with van der Waals surface area (Å²) >= 11 is 0. The first kappa shape index (κ1) is 16.1. The quantitative estimate of drug-likeness (QED) is 0.819. The number of carbonyl (C=O) groups excluding carboxylic acids is 2. The molecule has 1 aliphatic carbocycles. The Bertz CT molecular complexity index is 597. The Morgan fingerprint density at radius 3 is 2.50 bits per heavy atom. The van der Waals surface area contributed by atoms with Crippen molar-refractivity contribution in [3.8, 4) is 5.75 Å². The van der Waals surface area contributed by atoms with Gasteiger partial charge in [-0.05, 0) is 44.7 Å². The van der Waals surface area contributed by atoms with E-state index in [1.807, 2.05) is 32.9 Å². The monoisotopic (exact) mass is 302 g/mol. The number of rotatable bonds is 5. The lowest BCUT2D eigenvalue weighted by molar-refractivity contribution is -0.124. The zero-order chi connectivity index (χ0) is 16.1. The molecule has 0 unspecified atom stereocenters. The smallest absolute Gasteiger partial charge is 0.276 e. The summed E-state index contributed by atoms with van der Waals surface area (Å²) in [6.07, 6.45) is 3.70. The molecule has 0 bridgehead atoms. The molecule has 0 fully saturated rings. The zero-order valence-electron chi connectivity index (χ0n) is 13.3. The van der Waals surface area contributed by atoms with E-state index in [4.69, 9.17) is 4.74 Å². The number of amides is 1. The predicted molar refractivity (Wildman–Crippen MR) is 84.4 cm³/mol. The third kappa shape index (κ3) is 4.35. The van der Waals surface area contributed by atoms with Gasteiger partial charge in [0.1, 0.15) is 5.75 Å². The number of hydrogen-bond donors (Lipinski definition) is 2. The fourth-order valence-electron chi connectivity index (χ4n) is 2.61.